The predicted octanol–water partition coefficient (Wildman–Crippen LogP) is 5.21. The van der Waals surface area contributed by atoms with Crippen molar-refractivity contribution in [3.05, 3.63) is 82.7 Å². The SMILES string of the molecule is Cc1ccc(C(C)(C)c2ccc(N3CCc4cnc(N5CCC6(CC5)CN(C)C6)nc4C3)cc2)cc1. The molecule has 188 valence electrons. The molecule has 0 unspecified atom stereocenters. The van der Waals surface area contributed by atoms with Gasteiger partial charge in [-0.3, -0.25) is 0 Å². The summed E-state index contributed by atoms with van der Waals surface area (Å²) in [5, 5.41) is 0. The van der Waals surface area contributed by atoms with Crippen molar-refractivity contribution in [3.8, 4) is 0 Å². The first-order chi connectivity index (χ1) is 17.3. The molecule has 0 N–H and O–H groups in total. The van der Waals surface area contributed by atoms with Gasteiger partial charge in [-0.2, -0.15) is 0 Å². The fourth-order valence-corrected chi connectivity index (χ4v) is 6.49. The second-order valence-corrected chi connectivity index (χ2v) is 12.0. The average molecular weight is 482 g/mol. The zero-order valence-electron chi connectivity index (χ0n) is 22.3. The van der Waals surface area contributed by atoms with Crippen LogP contribution >= 0.6 is 0 Å². The number of nitrogens with zero attached hydrogens (tertiary/aromatic N) is 5. The molecule has 0 bridgehead atoms. The molecule has 6 rings (SSSR count). The number of piperidine rings is 1. The van der Waals surface area contributed by atoms with Gasteiger partial charge in [0.05, 0.1) is 12.2 Å². The number of rotatable bonds is 4. The third-order valence-electron chi connectivity index (χ3n) is 8.98. The third kappa shape index (κ3) is 4.28. The second-order valence-electron chi connectivity index (χ2n) is 12.0. The van der Waals surface area contributed by atoms with Crippen LogP contribution in [-0.2, 0) is 18.4 Å². The first-order valence-electron chi connectivity index (χ1n) is 13.5. The van der Waals surface area contributed by atoms with Crippen molar-refractivity contribution in [1.29, 1.82) is 0 Å². The van der Waals surface area contributed by atoms with Gasteiger partial charge in [-0.1, -0.05) is 55.8 Å². The normalized spacial score (nSPS) is 19.8. The Morgan fingerprint density at radius 2 is 1.47 bits per heavy atom. The van der Waals surface area contributed by atoms with Gasteiger partial charge in [0.15, 0.2) is 0 Å². The minimum atomic E-state index is -0.0230. The highest BCUT2D eigenvalue weighted by Gasteiger charge is 2.43. The number of fused-ring (bicyclic) bond motifs is 1. The zero-order chi connectivity index (χ0) is 24.9. The molecule has 36 heavy (non-hydrogen) atoms. The monoisotopic (exact) mass is 481 g/mol. The van der Waals surface area contributed by atoms with Crippen molar-refractivity contribution in [2.75, 3.05) is 49.6 Å². The Morgan fingerprint density at radius 3 is 2.11 bits per heavy atom. The van der Waals surface area contributed by atoms with Gasteiger partial charge < -0.3 is 14.7 Å². The third-order valence-corrected chi connectivity index (χ3v) is 8.98. The summed E-state index contributed by atoms with van der Waals surface area (Å²) >= 11 is 0. The first kappa shape index (κ1) is 23.5. The Labute approximate surface area is 216 Å². The number of aryl methyl sites for hydroxylation is 1. The van der Waals surface area contributed by atoms with E-state index in [0.29, 0.717) is 5.41 Å². The number of benzene rings is 2. The number of hydrogen-bond acceptors (Lipinski definition) is 5. The molecule has 2 saturated heterocycles. The average Bonchev–Trinajstić information content (AvgIpc) is 2.88. The van der Waals surface area contributed by atoms with Crippen molar-refractivity contribution in [2.45, 2.75) is 52.0 Å². The van der Waals surface area contributed by atoms with E-state index in [4.69, 9.17) is 9.97 Å². The fraction of sp³-hybridized carbons (Fsp3) is 0.484. The largest absolute Gasteiger partial charge is 0.365 e. The van der Waals surface area contributed by atoms with Crippen LogP contribution in [-0.4, -0.2) is 54.6 Å². The van der Waals surface area contributed by atoms with Crippen LogP contribution in [0.1, 0.15) is 54.6 Å². The summed E-state index contributed by atoms with van der Waals surface area (Å²) in [6.07, 6.45) is 5.61. The maximum absolute atomic E-state index is 5.09. The summed E-state index contributed by atoms with van der Waals surface area (Å²) in [4.78, 5) is 17.2. The van der Waals surface area contributed by atoms with Crippen LogP contribution in [0.2, 0.25) is 0 Å². The van der Waals surface area contributed by atoms with Crippen LogP contribution in [0.4, 0.5) is 11.6 Å². The van der Waals surface area contributed by atoms with Gasteiger partial charge in [0.1, 0.15) is 0 Å². The van der Waals surface area contributed by atoms with Crippen LogP contribution in [0.15, 0.2) is 54.7 Å². The van der Waals surface area contributed by atoms with E-state index in [9.17, 15) is 0 Å². The lowest BCUT2D eigenvalue weighted by atomic mass is 9.72. The fourth-order valence-electron chi connectivity index (χ4n) is 6.49. The van der Waals surface area contributed by atoms with E-state index in [0.717, 1.165) is 38.5 Å². The highest BCUT2D eigenvalue weighted by atomic mass is 15.3. The molecule has 3 aliphatic heterocycles. The van der Waals surface area contributed by atoms with Crippen LogP contribution in [0.5, 0.6) is 0 Å². The standard InChI is InChI=1S/C31H39N5/c1-23-5-7-25(8-6-23)30(2,3)26-9-11-27(12-10-26)36-16-13-24-19-32-29(33-28(24)20-36)35-17-14-31(15-18-35)21-34(4)22-31/h5-12,19H,13-18,20-22H2,1-4H3. The van der Waals surface area contributed by atoms with Gasteiger partial charge in [0, 0.05) is 50.0 Å². The molecule has 0 atom stereocenters. The van der Waals surface area contributed by atoms with Gasteiger partial charge in [-0.25, -0.2) is 9.97 Å². The van der Waals surface area contributed by atoms with E-state index >= 15 is 0 Å². The summed E-state index contributed by atoms with van der Waals surface area (Å²) in [5.74, 6) is 0.924. The Hall–Kier alpha value is -2.92. The minimum Gasteiger partial charge on any atom is -0.365 e. The number of aromatic nitrogens is 2. The smallest absolute Gasteiger partial charge is 0.225 e. The van der Waals surface area contributed by atoms with E-state index in [-0.39, 0.29) is 5.41 Å². The van der Waals surface area contributed by atoms with E-state index in [1.807, 2.05) is 0 Å². The topological polar surface area (TPSA) is 35.5 Å². The Balaban J connectivity index is 1.15. The molecule has 1 spiro atoms. The second kappa shape index (κ2) is 8.88. The molecule has 5 heteroatoms. The van der Waals surface area contributed by atoms with Gasteiger partial charge in [-0.15, -0.1) is 0 Å². The van der Waals surface area contributed by atoms with Gasteiger partial charge in [0.25, 0.3) is 0 Å². The van der Waals surface area contributed by atoms with Crippen molar-refractivity contribution < 1.29 is 0 Å². The summed E-state index contributed by atoms with van der Waals surface area (Å²) in [7, 11) is 2.23. The molecule has 5 nitrogen and oxygen atoms in total. The highest BCUT2D eigenvalue weighted by molar-refractivity contribution is 5.52. The summed E-state index contributed by atoms with van der Waals surface area (Å²) in [5.41, 5.74) is 8.31. The maximum atomic E-state index is 5.09. The van der Waals surface area contributed by atoms with Crippen molar-refractivity contribution in [2.24, 2.45) is 5.41 Å². The van der Waals surface area contributed by atoms with Crippen LogP contribution in [0.25, 0.3) is 0 Å². The molecule has 4 heterocycles. The van der Waals surface area contributed by atoms with Crippen LogP contribution in [0, 0.1) is 12.3 Å². The summed E-state index contributed by atoms with van der Waals surface area (Å²) < 4.78 is 0. The molecular formula is C31H39N5. The lowest BCUT2D eigenvalue weighted by Crippen LogP contribution is -2.58. The predicted molar refractivity (Wildman–Crippen MR) is 148 cm³/mol. The van der Waals surface area contributed by atoms with E-state index in [1.54, 1.807) is 0 Å². The molecule has 0 radical (unpaired) electrons. The van der Waals surface area contributed by atoms with E-state index in [1.165, 1.54) is 59.6 Å². The Kier molecular flexibility index (Phi) is 5.79. The molecular weight excluding hydrogens is 442 g/mol. The summed E-state index contributed by atoms with van der Waals surface area (Å²) in [6.45, 7) is 13.3. The molecule has 0 amide bonds. The van der Waals surface area contributed by atoms with Gasteiger partial charge in [0.2, 0.25) is 5.95 Å². The molecule has 0 saturated carbocycles. The number of anilines is 2. The maximum Gasteiger partial charge on any atom is 0.225 e. The first-order valence-corrected chi connectivity index (χ1v) is 13.5. The molecule has 3 aliphatic rings. The van der Waals surface area contributed by atoms with Crippen LogP contribution in [0.3, 0.4) is 0 Å². The Bertz CT molecular complexity index is 1210. The lowest BCUT2D eigenvalue weighted by molar-refractivity contribution is 0.00110. The quantitative estimate of drug-likeness (QED) is 0.511. The molecule has 1 aromatic heterocycles. The zero-order valence-corrected chi connectivity index (χ0v) is 22.3. The van der Waals surface area contributed by atoms with Gasteiger partial charge in [-0.05, 0) is 67.5 Å². The van der Waals surface area contributed by atoms with E-state index in [2.05, 4.69) is 97.2 Å². The molecule has 2 aromatic carbocycles. The van der Waals surface area contributed by atoms with E-state index < -0.39 is 0 Å². The Morgan fingerprint density at radius 1 is 0.833 bits per heavy atom. The highest BCUT2D eigenvalue weighted by Crippen LogP contribution is 2.40. The number of hydrogen-bond donors (Lipinski definition) is 0. The summed E-state index contributed by atoms with van der Waals surface area (Å²) in [6, 6.07) is 18.1. The van der Waals surface area contributed by atoms with Crippen molar-refractivity contribution in [1.82, 2.24) is 14.9 Å². The van der Waals surface area contributed by atoms with Crippen molar-refractivity contribution >= 4 is 11.6 Å². The molecule has 3 aromatic rings. The van der Waals surface area contributed by atoms with Crippen molar-refractivity contribution in [3.63, 3.8) is 0 Å². The number of likely N-dealkylation sites (tertiary alicyclic amines) is 1. The molecule has 0 aliphatic carbocycles. The lowest BCUT2D eigenvalue weighted by Gasteiger charge is -2.52. The van der Waals surface area contributed by atoms with Crippen LogP contribution < -0.4 is 9.80 Å². The minimum absolute atomic E-state index is 0.0230. The van der Waals surface area contributed by atoms with Gasteiger partial charge >= 0.3 is 0 Å². The molecule has 2 fully saturated rings.